The van der Waals surface area contributed by atoms with Crippen LogP contribution in [0.4, 0.5) is 4.39 Å². The van der Waals surface area contributed by atoms with Crippen molar-refractivity contribution in [3.05, 3.63) is 53.8 Å². The van der Waals surface area contributed by atoms with Crippen LogP contribution in [-0.2, 0) is 6.67 Å². The molecule has 0 amide bonds. The molecule has 3 aromatic rings. The molecule has 0 bridgehead atoms. The summed E-state index contributed by atoms with van der Waals surface area (Å²) in [6.45, 7) is 2.88. The minimum atomic E-state index is -0.281. The van der Waals surface area contributed by atoms with Crippen LogP contribution in [0, 0.1) is 5.82 Å². The number of hydrogen-bond acceptors (Lipinski definition) is 6. The van der Waals surface area contributed by atoms with E-state index in [9.17, 15) is 4.39 Å². The van der Waals surface area contributed by atoms with Crippen LogP contribution in [-0.4, -0.2) is 44.9 Å². The molecule has 0 saturated carbocycles. The molecule has 0 aliphatic carbocycles. The van der Waals surface area contributed by atoms with Crippen LogP contribution in [0.5, 0.6) is 11.5 Å². The molecule has 150 valence electrons. The second-order valence-corrected chi connectivity index (χ2v) is 7.36. The maximum Gasteiger partial charge on any atom is 0.204 e. The van der Waals surface area contributed by atoms with Gasteiger partial charge in [0.1, 0.15) is 12.5 Å². The zero-order valence-electron chi connectivity index (χ0n) is 16.0. The summed E-state index contributed by atoms with van der Waals surface area (Å²) in [5.41, 5.74) is 1.96. The van der Waals surface area contributed by atoms with Crippen molar-refractivity contribution in [3.8, 4) is 22.9 Å². The van der Waals surface area contributed by atoms with Gasteiger partial charge in [0.2, 0.25) is 5.82 Å². The van der Waals surface area contributed by atoms with Crippen molar-refractivity contribution < 1.29 is 13.9 Å². The molecule has 1 aromatic heterocycles. The highest BCUT2D eigenvalue weighted by Crippen LogP contribution is 2.38. The normalized spacial score (nSPS) is 19.3. The lowest BCUT2D eigenvalue weighted by atomic mass is 10.0. The number of hydrogen-bond donors (Lipinski definition) is 0. The van der Waals surface area contributed by atoms with E-state index < -0.39 is 0 Å². The third-order valence-corrected chi connectivity index (χ3v) is 5.38. The predicted octanol–water partition coefficient (Wildman–Crippen LogP) is 3.44. The topological polar surface area (TPSA) is 65.3 Å². The quantitative estimate of drug-likeness (QED) is 0.674. The molecule has 2 aliphatic rings. The van der Waals surface area contributed by atoms with Crippen molar-refractivity contribution in [2.24, 2.45) is 0 Å². The third kappa shape index (κ3) is 3.80. The molecule has 1 fully saturated rings. The van der Waals surface area contributed by atoms with Gasteiger partial charge >= 0.3 is 0 Å². The van der Waals surface area contributed by atoms with Crippen molar-refractivity contribution >= 4 is 0 Å². The van der Waals surface area contributed by atoms with Crippen LogP contribution in [0.15, 0.2) is 42.5 Å². The van der Waals surface area contributed by atoms with E-state index in [1.54, 1.807) is 16.9 Å². The van der Waals surface area contributed by atoms with E-state index in [4.69, 9.17) is 9.47 Å². The fourth-order valence-electron chi connectivity index (χ4n) is 3.94. The molecule has 1 saturated heterocycles. The molecule has 1 atom stereocenters. The van der Waals surface area contributed by atoms with Gasteiger partial charge in [0.15, 0.2) is 11.5 Å². The van der Waals surface area contributed by atoms with Crippen molar-refractivity contribution in [2.75, 3.05) is 19.8 Å². The number of rotatable bonds is 4. The van der Waals surface area contributed by atoms with Gasteiger partial charge in [0.05, 0.1) is 13.2 Å². The SMILES string of the molecule is Fc1ccc(-c2nnn(CN3CCCC3c3ccc4c(c3)OCCCO4)n2)cc1. The van der Waals surface area contributed by atoms with E-state index >= 15 is 0 Å². The summed E-state index contributed by atoms with van der Waals surface area (Å²) in [6, 6.07) is 12.6. The third-order valence-electron chi connectivity index (χ3n) is 5.38. The van der Waals surface area contributed by atoms with E-state index in [2.05, 4.69) is 32.4 Å². The molecular formula is C21H22FN5O2. The molecule has 0 radical (unpaired) electrons. The molecule has 5 rings (SSSR count). The van der Waals surface area contributed by atoms with E-state index in [1.807, 2.05) is 6.07 Å². The Bertz CT molecular complexity index is 991. The number of nitrogens with zero attached hydrogens (tertiary/aromatic N) is 5. The fraction of sp³-hybridized carbons (Fsp3) is 0.381. The number of likely N-dealkylation sites (tertiary alicyclic amines) is 1. The Morgan fingerprint density at radius 3 is 2.69 bits per heavy atom. The van der Waals surface area contributed by atoms with Gasteiger partial charge in [-0.25, -0.2) is 4.39 Å². The van der Waals surface area contributed by atoms with Crippen molar-refractivity contribution in [1.29, 1.82) is 0 Å². The second-order valence-electron chi connectivity index (χ2n) is 7.36. The molecular weight excluding hydrogens is 373 g/mol. The Morgan fingerprint density at radius 1 is 1.00 bits per heavy atom. The molecule has 0 spiro atoms. The molecule has 1 unspecified atom stereocenters. The molecule has 2 aromatic carbocycles. The van der Waals surface area contributed by atoms with Crippen LogP contribution < -0.4 is 9.47 Å². The second kappa shape index (κ2) is 7.79. The average Bonchev–Trinajstić information content (AvgIpc) is 3.33. The van der Waals surface area contributed by atoms with Gasteiger partial charge in [0, 0.05) is 24.6 Å². The number of halogens is 1. The Labute approximate surface area is 168 Å². The van der Waals surface area contributed by atoms with E-state index in [1.165, 1.54) is 17.7 Å². The minimum Gasteiger partial charge on any atom is -0.490 e. The van der Waals surface area contributed by atoms with E-state index in [0.29, 0.717) is 25.7 Å². The highest BCUT2D eigenvalue weighted by molar-refractivity contribution is 5.53. The molecule has 8 heteroatoms. The summed E-state index contributed by atoms with van der Waals surface area (Å²) in [6.07, 6.45) is 3.08. The first-order valence-electron chi connectivity index (χ1n) is 9.94. The summed E-state index contributed by atoms with van der Waals surface area (Å²) >= 11 is 0. The Kier molecular flexibility index (Phi) is 4.85. The van der Waals surface area contributed by atoms with Crippen LogP contribution in [0.3, 0.4) is 0 Å². The monoisotopic (exact) mass is 395 g/mol. The van der Waals surface area contributed by atoms with Gasteiger partial charge in [-0.15, -0.1) is 15.0 Å². The minimum absolute atomic E-state index is 0.271. The smallest absolute Gasteiger partial charge is 0.204 e. The van der Waals surface area contributed by atoms with Gasteiger partial charge in [-0.1, -0.05) is 6.07 Å². The van der Waals surface area contributed by atoms with Crippen LogP contribution in [0.1, 0.15) is 30.9 Å². The summed E-state index contributed by atoms with van der Waals surface area (Å²) in [7, 11) is 0. The maximum atomic E-state index is 13.1. The average molecular weight is 395 g/mol. The first kappa shape index (κ1) is 18.1. The van der Waals surface area contributed by atoms with Gasteiger partial charge < -0.3 is 9.47 Å². The fourth-order valence-corrected chi connectivity index (χ4v) is 3.94. The Morgan fingerprint density at radius 2 is 1.83 bits per heavy atom. The number of fused-ring (bicyclic) bond motifs is 1. The van der Waals surface area contributed by atoms with Gasteiger partial charge in [-0.05, 0) is 60.0 Å². The van der Waals surface area contributed by atoms with Crippen molar-refractivity contribution in [1.82, 2.24) is 25.1 Å². The number of ether oxygens (including phenoxy) is 2. The first-order valence-corrected chi connectivity index (χ1v) is 9.94. The molecule has 3 heterocycles. The molecule has 0 N–H and O–H groups in total. The standard InChI is InChI=1S/C21H22FN5O2/c22-17-7-4-15(5-8-17)21-23-25-27(24-21)14-26-10-1-3-18(26)16-6-9-19-20(13-16)29-12-2-11-28-19/h4-9,13,18H,1-3,10-12,14H2. The number of aromatic nitrogens is 4. The largest absolute Gasteiger partial charge is 0.490 e. The molecule has 7 nitrogen and oxygen atoms in total. The molecule has 2 aliphatic heterocycles. The summed E-state index contributed by atoms with van der Waals surface area (Å²) in [5, 5.41) is 12.8. The van der Waals surface area contributed by atoms with Gasteiger partial charge in [0.25, 0.3) is 0 Å². The first-order chi connectivity index (χ1) is 14.3. The van der Waals surface area contributed by atoms with Crippen molar-refractivity contribution in [2.45, 2.75) is 32.0 Å². The highest BCUT2D eigenvalue weighted by Gasteiger charge is 2.28. The van der Waals surface area contributed by atoms with Crippen LogP contribution in [0.25, 0.3) is 11.4 Å². The molecule has 29 heavy (non-hydrogen) atoms. The van der Waals surface area contributed by atoms with Crippen LogP contribution >= 0.6 is 0 Å². The lowest BCUT2D eigenvalue weighted by Crippen LogP contribution is -2.27. The van der Waals surface area contributed by atoms with Gasteiger partial charge in [-0.2, -0.15) is 0 Å². The summed E-state index contributed by atoms with van der Waals surface area (Å²) < 4.78 is 24.7. The zero-order valence-corrected chi connectivity index (χ0v) is 16.0. The van der Waals surface area contributed by atoms with Gasteiger partial charge in [-0.3, -0.25) is 4.90 Å². The number of benzene rings is 2. The van der Waals surface area contributed by atoms with E-state index in [-0.39, 0.29) is 11.9 Å². The predicted molar refractivity (Wildman–Crippen MR) is 104 cm³/mol. The van der Waals surface area contributed by atoms with Crippen molar-refractivity contribution in [3.63, 3.8) is 0 Å². The summed E-state index contributed by atoms with van der Waals surface area (Å²) in [4.78, 5) is 3.94. The summed E-state index contributed by atoms with van der Waals surface area (Å²) in [5.74, 6) is 1.86. The lowest BCUT2D eigenvalue weighted by molar-refractivity contribution is 0.177. The lowest BCUT2D eigenvalue weighted by Gasteiger charge is -2.24. The maximum absolute atomic E-state index is 13.1. The highest BCUT2D eigenvalue weighted by atomic mass is 19.1. The zero-order chi connectivity index (χ0) is 19.6. The number of tetrazole rings is 1. The Hall–Kier alpha value is -3.00. The Balaban J connectivity index is 1.33. The van der Waals surface area contributed by atoms with E-state index in [0.717, 1.165) is 42.9 Å². The van der Waals surface area contributed by atoms with Crippen LogP contribution in [0.2, 0.25) is 0 Å².